The van der Waals surface area contributed by atoms with Crippen LogP contribution in [-0.4, -0.2) is 24.7 Å². The number of hydrogen-bond donors (Lipinski definition) is 2. The fourth-order valence-corrected chi connectivity index (χ4v) is 2.34. The molecule has 2 rings (SSSR count). The standard InChI is InChI=1S/C19H28N4O/c1-5-15-6-8-16(9-7-15)10-11-21-19(20-4)22-13-17-12-18(14(2)3)23-24-17/h6-9,12,14H,5,10-11,13H2,1-4H3,(H2,20,21,22). The van der Waals surface area contributed by atoms with Gasteiger partial charge in [0.25, 0.3) is 0 Å². The molecule has 0 spiro atoms. The van der Waals surface area contributed by atoms with E-state index in [0.29, 0.717) is 12.5 Å². The molecule has 0 amide bonds. The Bertz CT molecular complexity index is 644. The highest BCUT2D eigenvalue weighted by molar-refractivity contribution is 5.79. The maximum absolute atomic E-state index is 5.32. The molecule has 24 heavy (non-hydrogen) atoms. The van der Waals surface area contributed by atoms with Crippen LogP contribution in [-0.2, 0) is 19.4 Å². The zero-order valence-electron chi connectivity index (χ0n) is 15.1. The Morgan fingerprint density at radius 2 is 1.88 bits per heavy atom. The van der Waals surface area contributed by atoms with Crippen molar-refractivity contribution in [3.63, 3.8) is 0 Å². The van der Waals surface area contributed by atoms with Gasteiger partial charge in [-0.3, -0.25) is 4.99 Å². The number of benzene rings is 1. The second-order valence-electron chi connectivity index (χ2n) is 6.15. The highest BCUT2D eigenvalue weighted by Gasteiger charge is 2.08. The van der Waals surface area contributed by atoms with Gasteiger partial charge in [0.2, 0.25) is 0 Å². The van der Waals surface area contributed by atoms with E-state index in [9.17, 15) is 0 Å². The molecule has 0 bridgehead atoms. The summed E-state index contributed by atoms with van der Waals surface area (Å²) in [6.07, 6.45) is 2.04. The lowest BCUT2D eigenvalue weighted by Crippen LogP contribution is -2.37. The van der Waals surface area contributed by atoms with Crippen LogP contribution in [0.15, 0.2) is 39.8 Å². The van der Waals surface area contributed by atoms with E-state index in [0.717, 1.165) is 36.8 Å². The molecule has 5 heteroatoms. The topological polar surface area (TPSA) is 62.5 Å². The molecule has 0 saturated carbocycles. The molecule has 0 aliphatic carbocycles. The maximum Gasteiger partial charge on any atom is 0.191 e. The average Bonchev–Trinajstić information content (AvgIpc) is 3.08. The second-order valence-corrected chi connectivity index (χ2v) is 6.15. The van der Waals surface area contributed by atoms with Gasteiger partial charge in [-0.25, -0.2) is 0 Å². The molecule has 2 N–H and O–H groups in total. The van der Waals surface area contributed by atoms with Gasteiger partial charge < -0.3 is 15.2 Å². The summed E-state index contributed by atoms with van der Waals surface area (Å²) in [5.74, 6) is 1.96. The van der Waals surface area contributed by atoms with E-state index in [1.54, 1.807) is 7.05 Å². The minimum absolute atomic E-state index is 0.374. The fraction of sp³-hybridized carbons (Fsp3) is 0.474. The third-order valence-electron chi connectivity index (χ3n) is 3.96. The van der Waals surface area contributed by atoms with Crippen molar-refractivity contribution in [2.45, 2.75) is 46.1 Å². The molecule has 1 aromatic heterocycles. The summed E-state index contributed by atoms with van der Waals surface area (Å²) < 4.78 is 5.32. The number of nitrogens with one attached hydrogen (secondary N) is 2. The molecule has 0 atom stereocenters. The Kier molecular flexibility index (Phi) is 6.85. The molecule has 0 unspecified atom stereocenters. The minimum atomic E-state index is 0.374. The summed E-state index contributed by atoms with van der Waals surface area (Å²) in [5.41, 5.74) is 3.68. The first kappa shape index (κ1) is 18.0. The van der Waals surface area contributed by atoms with Crippen molar-refractivity contribution in [3.05, 3.63) is 52.9 Å². The lowest BCUT2D eigenvalue weighted by Gasteiger charge is -2.10. The zero-order valence-corrected chi connectivity index (χ0v) is 15.1. The molecule has 0 fully saturated rings. The molecule has 2 aromatic rings. The molecule has 0 aliphatic heterocycles. The van der Waals surface area contributed by atoms with E-state index in [1.165, 1.54) is 11.1 Å². The van der Waals surface area contributed by atoms with Crippen molar-refractivity contribution in [2.75, 3.05) is 13.6 Å². The second kappa shape index (κ2) is 9.11. The number of rotatable bonds is 7. The van der Waals surface area contributed by atoms with Gasteiger partial charge in [0.05, 0.1) is 12.2 Å². The Labute approximate surface area is 144 Å². The van der Waals surface area contributed by atoms with Crippen LogP contribution in [0, 0.1) is 0 Å². The molecular weight excluding hydrogens is 300 g/mol. The van der Waals surface area contributed by atoms with Gasteiger partial charge in [-0.05, 0) is 29.9 Å². The number of aromatic nitrogens is 1. The summed E-state index contributed by atoms with van der Waals surface area (Å²) in [6.45, 7) is 7.78. The number of hydrogen-bond acceptors (Lipinski definition) is 3. The third kappa shape index (κ3) is 5.41. The lowest BCUT2D eigenvalue weighted by atomic mass is 10.1. The largest absolute Gasteiger partial charge is 0.359 e. The van der Waals surface area contributed by atoms with Crippen LogP contribution in [0.4, 0.5) is 0 Å². The Balaban J connectivity index is 1.75. The van der Waals surface area contributed by atoms with E-state index in [2.05, 4.69) is 65.8 Å². The first-order valence-corrected chi connectivity index (χ1v) is 8.60. The SMILES string of the molecule is CCc1ccc(CCNC(=NC)NCc2cc(C(C)C)no2)cc1. The Morgan fingerprint density at radius 1 is 1.17 bits per heavy atom. The first-order chi connectivity index (χ1) is 11.6. The Morgan fingerprint density at radius 3 is 2.46 bits per heavy atom. The van der Waals surface area contributed by atoms with E-state index in [1.807, 2.05) is 6.07 Å². The van der Waals surface area contributed by atoms with E-state index in [4.69, 9.17) is 4.52 Å². The van der Waals surface area contributed by atoms with Gasteiger partial charge in [0.15, 0.2) is 11.7 Å². The van der Waals surface area contributed by atoms with Crippen molar-refractivity contribution in [2.24, 2.45) is 4.99 Å². The van der Waals surface area contributed by atoms with Crippen molar-refractivity contribution in [1.29, 1.82) is 0 Å². The smallest absolute Gasteiger partial charge is 0.191 e. The molecular formula is C19H28N4O. The number of nitrogens with zero attached hydrogens (tertiary/aromatic N) is 2. The van der Waals surface area contributed by atoms with Crippen molar-refractivity contribution in [3.8, 4) is 0 Å². The van der Waals surface area contributed by atoms with Gasteiger partial charge in [0.1, 0.15) is 0 Å². The van der Waals surface area contributed by atoms with Crippen LogP contribution in [0.25, 0.3) is 0 Å². The predicted octanol–water partition coefficient (Wildman–Crippen LogP) is 3.27. The van der Waals surface area contributed by atoms with Gasteiger partial charge >= 0.3 is 0 Å². The first-order valence-electron chi connectivity index (χ1n) is 8.60. The van der Waals surface area contributed by atoms with Crippen LogP contribution in [0.1, 0.15) is 49.3 Å². The third-order valence-corrected chi connectivity index (χ3v) is 3.96. The average molecular weight is 328 g/mol. The summed E-state index contributed by atoms with van der Waals surface area (Å²) in [4.78, 5) is 4.24. The Hall–Kier alpha value is -2.30. The zero-order chi connectivity index (χ0) is 17.4. The van der Waals surface area contributed by atoms with E-state index < -0.39 is 0 Å². The number of aliphatic imine (C=N–C) groups is 1. The molecule has 0 saturated heterocycles. The van der Waals surface area contributed by atoms with Crippen LogP contribution >= 0.6 is 0 Å². The minimum Gasteiger partial charge on any atom is -0.359 e. The van der Waals surface area contributed by atoms with Gasteiger partial charge in [-0.15, -0.1) is 0 Å². The van der Waals surface area contributed by atoms with Crippen LogP contribution < -0.4 is 10.6 Å². The van der Waals surface area contributed by atoms with E-state index >= 15 is 0 Å². The number of aryl methyl sites for hydroxylation is 1. The summed E-state index contributed by atoms with van der Waals surface area (Å²) in [7, 11) is 1.77. The molecule has 0 radical (unpaired) electrons. The predicted molar refractivity (Wildman–Crippen MR) is 98.3 cm³/mol. The quantitative estimate of drug-likeness (QED) is 0.605. The van der Waals surface area contributed by atoms with Crippen LogP contribution in [0.5, 0.6) is 0 Å². The van der Waals surface area contributed by atoms with Crippen LogP contribution in [0.2, 0.25) is 0 Å². The van der Waals surface area contributed by atoms with Crippen LogP contribution in [0.3, 0.4) is 0 Å². The molecule has 5 nitrogen and oxygen atoms in total. The normalized spacial score (nSPS) is 11.8. The monoisotopic (exact) mass is 328 g/mol. The van der Waals surface area contributed by atoms with Crippen molar-refractivity contribution >= 4 is 5.96 Å². The molecule has 130 valence electrons. The molecule has 1 aromatic carbocycles. The molecule has 0 aliphatic rings. The maximum atomic E-state index is 5.32. The van der Waals surface area contributed by atoms with Gasteiger partial charge in [-0.1, -0.05) is 50.2 Å². The van der Waals surface area contributed by atoms with E-state index in [-0.39, 0.29) is 0 Å². The highest BCUT2D eigenvalue weighted by Crippen LogP contribution is 2.13. The summed E-state index contributed by atoms with van der Waals surface area (Å²) in [6, 6.07) is 10.8. The lowest BCUT2D eigenvalue weighted by molar-refractivity contribution is 0.372. The van der Waals surface area contributed by atoms with Gasteiger partial charge in [-0.2, -0.15) is 0 Å². The molecule has 1 heterocycles. The fourth-order valence-electron chi connectivity index (χ4n) is 2.34. The highest BCUT2D eigenvalue weighted by atomic mass is 16.5. The van der Waals surface area contributed by atoms with Crippen molar-refractivity contribution < 1.29 is 4.52 Å². The van der Waals surface area contributed by atoms with Crippen molar-refractivity contribution in [1.82, 2.24) is 15.8 Å². The number of guanidine groups is 1. The van der Waals surface area contributed by atoms with Gasteiger partial charge in [0, 0.05) is 19.7 Å². The summed E-state index contributed by atoms with van der Waals surface area (Å²) >= 11 is 0. The summed E-state index contributed by atoms with van der Waals surface area (Å²) in [5, 5.41) is 10.6.